The van der Waals surface area contributed by atoms with Gasteiger partial charge in [-0.25, -0.2) is 9.97 Å². The van der Waals surface area contributed by atoms with Gasteiger partial charge in [-0.2, -0.15) is 0 Å². The minimum Gasteiger partial charge on any atom is -0.383 e. The third kappa shape index (κ3) is 3.65. The molecule has 0 spiro atoms. The fourth-order valence-corrected chi connectivity index (χ4v) is 1.42. The summed E-state index contributed by atoms with van der Waals surface area (Å²) in [5.41, 5.74) is 0. The van der Waals surface area contributed by atoms with E-state index in [0.717, 1.165) is 0 Å². The van der Waals surface area contributed by atoms with Crippen LogP contribution in [0.25, 0.3) is 0 Å². The molecule has 0 aliphatic heterocycles. The van der Waals surface area contributed by atoms with E-state index in [4.69, 9.17) is 27.9 Å². The second-order valence-corrected chi connectivity index (χ2v) is 3.57. The van der Waals surface area contributed by atoms with Crippen LogP contribution < -0.4 is 5.32 Å². The molecule has 0 fully saturated rings. The van der Waals surface area contributed by atoms with E-state index in [2.05, 4.69) is 15.3 Å². The van der Waals surface area contributed by atoms with Crippen molar-refractivity contribution in [3.63, 3.8) is 0 Å². The first-order valence-corrected chi connectivity index (χ1v) is 4.83. The Morgan fingerprint density at radius 3 is 2.79 bits per heavy atom. The molecule has 0 amide bonds. The van der Waals surface area contributed by atoms with E-state index in [1.807, 2.05) is 6.92 Å². The zero-order chi connectivity index (χ0) is 10.6. The fourth-order valence-electron chi connectivity index (χ4n) is 1.01. The number of ether oxygens (including phenoxy) is 1. The van der Waals surface area contributed by atoms with Crippen molar-refractivity contribution in [2.75, 3.05) is 19.0 Å². The van der Waals surface area contributed by atoms with Crippen LogP contribution in [0, 0.1) is 0 Å². The number of nitrogens with one attached hydrogen (secondary N) is 1. The zero-order valence-electron chi connectivity index (χ0n) is 7.92. The van der Waals surface area contributed by atoms with E-state index in [1.54, 1.807) is 13.2 Å². The van der Waals surface area contributed by atoms with Crippen molar-refractivity contribution in [3.8, 4) is 0 Å². The Morgan fingerprint density at radius 2 is 2.21 bits per heavy atom. The number of hydrogen-bond acceptors (Lipinski definition) is 4. The minimum absolute atomic E-state index is 0.129. The number of halogens is 2. The summed E-state index contributed by atoms with van der Waals surface area (Å²) >= 11 is 11.3. The lowest BCUT2D eigenvalue weighted by molar-refractivity contribution is 0.190. The summed E-state index contributed by atoms with van der Waals surface area (Å²) in [5.74, 6) is 0.597. The number of hydrogen-bond donors (Lipinski definition) is 1. The van der Waals surface area contributed by atoms with Crippen molar-refractivity contribution in [3.05, 3.63) is 16.5 Å². The molecule has 78 valence electrons. The monoisotopic (exact) mass is 235 g/mol. The highest BCUT2D eigenvalue weighted by molar-refractivity contribution is 6.32. The summed E-state index contributed by atoms with van der Waals surface area (Å²) in [4.78, 5) is 7.70. The molecule has 14 heavy (non-hydrogen) atoms. The topological polar surface area (TPSA) is 47.0 Å². The van der Waals surface area contributed by atoms with Gasteiger partial charge in [-0.1, -0.05) is 11.6 Å². The first kappa shape index (κ1) is 11.5. The number of nitrogens with zero attached hydrogens (tertiary/aromatic N) is 2. The number of aromatic nitrogens is 2. The number of methoxy groups -OCH3 is 1. The molecule has 0 aromatic carbocycles. The van der Waals surface area contributed by atoms with Gasteiger partial charge in [0.25, 0.3) is 0 Å². The second-order valence-electron chi connectivity index (χ2n) is 2.85. The number of rotatable bonds is 4. The summed E-state index contributed by atoms with van der Waals surface area (Å²) in [7, 11) is 1.64. The van der Waals surface area contributed by atoms with E-state index in [0.29, 0.717) is 17.6 Å². The van der Waals surface area contributed by atoms with Crippen molar-refractivity contribution in [2.45, 2.75) is 13.0 Å². The van der Waals surface area contributed by atoms with Gasteiger partial charge in [0.2, 0.25) is 5.28 Å². The molecule has 0 unspecified atom stereocenters. The lowest BCUT2D eigenvalue weighted by Crippen LogP contribution is -2.21. The van der Waals surface area contributed by atoms with Gasteiger partial charge in [0, 0.05) is 19.2 Å². The lowest BCUT2D eigenvalue weighted by Gasteiger charge is -2.13. The van der Waals surface area contributed by atoms with E-state index in [1.165, 1.54) is 0 Å². The summed E-state index contributed by atoms with van der Waals surface area (Å²) in [5, 5.41) is 3.53. The number of anilines is 1. The van der Waals surface area contributed by atoms with Gasteiger partial charge in [-0.3, -0.25) is 0 Å². The van der Waals surface area contributed by atoms with Crippen LogP contribution in [-0.4, -0.2) is 29.7 Å². The molecule has 1 aromatic rings. The zero-order valence-corrected chi connectivity index (χ0v) is 9.43. The van der Waals surface area contributed by atoms with E-state index < -0.39 is 0 Å². The van der Waals surface area contributed by atoms with Crippen molar-refractivity contribution in [1.29, 1.82) is 0 Å². The Hall–Kier alpha value is -0.580. The molecule has 0 saturated carbocycles. The molecule has 0 radical (unpaired) electrons. The van der Waals surface area contributed by atoms with Gasteiger partial charge in [0.15, 0.2) is 0 Å². The summed E-state index contributed by atoms with van der Waals surface area (Å²) < 4.78 is 4.96. The van der Waals surface area contributed by atoms with Crippen LogP contribution in [0.1, 0.15) is 6.92 Å². The normalized spacial score (nSPS) is 12.6. The van der Waals surface area contributed by atoms with Gasteiger partial charge in [-0.15, -0.1) is 0 Å². The van der Waals surface area contributed by atoms with Crippen molar-refractivity contribution < 1.29 is 4.74 Å². The van der Waals surface area contributed by atoms with Gasteiger partial charge in [-0.05, 0) is 18.5 Å². The van der Waals surface area contributed by atoms with Crippen molar-refractivity contribution >= 4 is 29.0 Å². The smallest absolute Gasteiger partial charge is 0.225 e. The highest BCUT2D eigenvalue weighted by Gasteiger charge is 2.04. The van der Waals surface area contributed by atoms with Crippen LogP contribution in [0.2, 0.25) is 10.4 Å². The summed E-state index contributed by atoms with van der Waals surface area (Å²) in [6, 6.07) is 1.75. The van der Waals surface area contributed by atoms with Gasteiger partial charge >= 0.3 is 0 Å². The van der Waals surface area contributed by atoms with E-state index in [9.17, 15) is 0 Å². The Kier molecular flexibility index (Phi) is 4.38. The lowest BCUT2D eigenvalue weighted by atomic mass is 10.3. The highest BCUT2D eigenvalue weighted by atomic mass is 35.5. The Balaban J connectivity index is 2.66. The third-order valence-electron chi connectivity index (χ3n) is 1.48. The Labute approximate surface area is 92.6 Å². The molecule has 4 nitrogen and oxygen atoms in total. The maximum Gasteiger partial charge on any atom is 0.225 e. The standard InChI is InChI=1S/C8H11Cl2N3O/c1-5(4-14-2)11-7-3-6(9)12-8(10)13-7/h3,5H,4H2,1-2H3,(H,11,12,13)/t5-/m1/s1. The van der Waals surface area contributed by atoms with Crippen LogP contribution in [0.15, 0.2) is 6.07 Å². The first-order valence-electron chi connectivity index (χ1n) is 4.07. The SMILES string of the molecule is COC[C@@H](C)Nc1cc(Cl)nc(Cl)n1. The maximum absolute atomic E-state index is 5.70. The quantitative estimate of drug-likeness (QED) is 0.643. The average Bonchev–Trinajstić information content (AvgIpc) is 2.01. The molecule has 0 aliphatic carbocycles. The molecule has 0 bridgehead atoms. The van der Waals surface area contributed by atoms with Crippen molar-refractivity contribution in [2.24, 2.45) is 0 Å². The van der Waals surface area contributed by atoms with Crippen LogP contribution in [0.5, 0.6) is 0 Å². The Bertz CT molecular complexity index is 288. The average molecular weight is 236 g/mol. The molecule has 0 saturated heterocycles. The van der Waals surface area contributed by atoms with Crippen molar-refractivity contribution in [1.82, 2.24) is 9.97 Å². The molecular weight excluding hydrogens is 225 g/mol. The molecule has 1 atom stereocenters. The largest absolute Gasteiger partial charge is 0.383 e. The second kappa shape index (κ2) is 5.34. The van der Waals surface area contributed by atoms with Gasteiger partial charge in [0.1, 0.15) is 11.0 Å². The predicted molar refractivity (Wildman–Crippen MR) is 57.0 cm³/mol. The van der Waals surface area contributed by atoms with E-state index in [-0.39, 0.29) is 11.3 Å². The van der Waals surface area contributed by atoms with Gasteiger partial charge < -0.3 is 10.1 Å². The molecule has 1 N–H and O–H groups in total. The van der Waals surface area contributed by atoms with Gasteiger partial charge in [0.05, 0.1) is 6.61 Å². The maximum atomic E-state index is 5.70. The highest BCUT2D eigenvalue weighted by Crippen LogP contribution is 2.14. The third-order valence-corrected chi connectivity index (χ3v) is 1.84. The van der Waals surface area contributed by atoms with E-state index >= 15 is 0 Å². The summed E-state index contributed by atoms with van der Waals surface area (Å²) in [6.07, 6.45) is 0. The van der Waals surface area contributed by atoms with Crippen LogP contribution >= 0.6 is 23.2 Å². The molecular formula is C8H11Cl2N3O. The molecule has 6 heteroatoms. The minimum atomic E-state index is 0.129. The molecule has 1 heterocycles. The van der Waals surface area contributed by atoms with Crippen LogP contribution in [0.3, 0.4) is 0 Å². The Morgan fingerprint density at radius 1 is 1.50 bits per heavy atom. The molecule has 1 aromatic heterocycles. The summed E-state index contributed by atoms with van der Waals surface area (Å²) in [6.45, 7) is 2.55. The first-order chi connectivity index (χ1) is 6.61. The molecule has 0 aliphatic rings. The van der Waals surface area contributed by atoms with Crippen LogP contribution in [-0.2, 0) is 4.74 Å². The fraction of sp³-hybridized carbons (Fsp3) is 0.500. The molecule has 1 rings (SSSR count). The van der Waals surface area contributed by atoms with Crippen LogP contribution in [0.4, 0.5) is 5.82 Å². The predicted octanol–water partition coefficient (Wildman–Crippen LogP) is 2.23.